The lowest BCUT2D eigenvalue weighted by Gasteiger charge is -2.27. The van der Waals surface area contributed by atoms with Crippen LogP contribution in [0.2, 0.25) is 0 Å². The number of hydrogen-bond acceptors (Lipinski definition) is 2. The Kier molecular flexibility index (Phi) is 4.76. The highest BCUT2D eigenvalue weighted by atomic mass is 19.1. The minimum atomic E-state index is -1.22. The van der Waals surface area contributed by atoms with Crippen molar-refractivity contribution in [3.63, 3.8) is 0 Å². The van der Waals surface area contributed by atoms with E-state index in [-0.39, 0.29) is 5.56 Å². The van der Waals surface area contributed by atoms with Crippen LogP contribution < -0.4 is 5.32 Å². The molecule has 1 aliphatic carbocycles. The second-order valence-electron chi connectivity index (χ2n) is 5.78. The maximum absolute atomic E-state index is 13.6. The molecule has 0 amide bonds. The molecule has 110 valence electrons. The fourth-order valence-corrected chi connectivity index (χ4v) is 3.09. The average Bonchev–Trinajstić information content (AvgIpc) is 2.88. The Morgan fingerprint density at radius 1 is 1.40 bits per heavy atom. The van der Waals surface area contributed by atoms with E-state index in [0.29, 0.717) is 12.0 Å². The first-order valence-electron chi connectivity index (χ1n) is 7.29. The SMILES string of the molecule is CCC1(CNCc2ccc(C(=O)O)c(F)c2)CCCC1. The third-order valence-electron chi connectivity index (χ3n) is 4.51. The van der Waals surface area contributed by atoms with E-state index in [4.69, 9.17) is 5.11 Å². The molecular weight excluding hydrogens is 257 g/mol. The summed E-state index contributed by atoms with van der Waals surface area (Å²) in [4.78, 5) is 10.7. The summed E-state index contributed by atoms with van der Waals surface area (Å²) >= 11 is 0. The maximum Gasteiger partial charge on any atom is 0.338 e. The van der Waals surface area contributed by atoms with E-state index in [1.165, 1.54) is 44.2 Å². The fraction of sp³-hybridized carbons (Fsp3) is 0.562. The lowest BCUT2D eigenvalue weighted by molar-refractivity contribution is 0.0692. The molecule has 0 atom stereocenters. The summed E-state index contributed by atoms with van der Waals surface area (Å²) in [7, 11) is 0. The first kappa shape index (κ1) is 15.0. The van der Waals surface area contributed by atoms with Gasteiger partial charge in [-0.1, -0.05) is 25.8 Å². The van der Waals surface area contributed by atoms with Gasteiger partial charge in [-0.15, -0.1) is 0 Å². The van der Waals surface area contributed by atoms with Crippen LogP contribution in [-0.4, -0.2) is 17.6 Å². The number of benzene rings is 1. The zero-order valence-corrected chi connectivity index (χ0v) is 11.9. The van der Waals surface area contributed by atoms with Gasteiger partial charge in [-0.05, 0) is 42.4 Å². The van der Waals surface area contributed by atoms with Crippen molar-refractivity contribution < 1.29 is 14.3 Å². The number of carbonyl (C=O) groups is 1. The van der Waals surface area contributed by atoms with E-state index in [1.54, 1.807) is 6.07 Å². The molecule has 0 aromatic heterocycles. The van der Waals surface area contributed by atoms with Crippen LogP contribution in [0.15, 0.2) is 18.2 Å². The number of carboxylic acids is 1. The Morgan fingerprint density at radius 2 is 2.10 bits per heavy atom. The second-order valence-corrected chi connectivity index (χ2v) is 5.78. The van der Waals surface area contributed by atoms with E-state index < -0.39 is 11.8 Å². The summed E-state index contributed by atoms with van der Waals surface area (Å²) in [5.41, 5.74) is 0.922. The molecular formula is C16H22FNO2. The van der Waals surface area contributed by atoms with Crippen LogP contribution in [-0.2, 0) is 6.54 Å². The van der Waals surface area contributed by atoms with Crippen molar-refractivity contribution in [2.24, 2.45) is 5.41 Å². The van der Waals surface area contributed by atoms with Crippen molar-refractivity contribution in [2.45, 2.75) is 45.6 Å². The zero-order chi connectivity index (χ0) is 14.6. The highest BCUT2D eigenvalue weighted by Crippen LogP contribution is 2.40. The van der Waals surface area contributed by atoms with Crippen molar-refractivity contribution in [1.82, 2.24) is 5.32 Å². The highest BCUT2D eigenvalue weighted by Gasteiger charge is 2.31. The average molecular weight is 279 g/mol. The molecule has 0 bridgehead atoms. The molecule has 20 heavy (non-hydrogen) atoms. The third kappa shape index (κ3) is 3.37. The molecule has 0 spiro atoms. The molecule has 2 rings (SSSR count). The standard InChI is InChI=1S/C16H22FNO2/c1-2-16(7-3-4-8-16)11-18-10-12-5-6-13(15(19)20)14(17)9-12/h5-6,9,18H,2-4,7-8,10-11H2,1H3,(H,19,20). The Labute approximate surface area is 119 Å². The molecule has 0 radical (unpaired) electrons. The van der Waals surface area contributed by atoms with Crippen LogP contribution in [0, 0.1) is 11.2 Å². The molecule has 1 aromatic carbocycles. The molecule has 0 heterocycles. The van der Waals surface area contributed by atoms with Crippen molar-refractivity contribution in [1.29, 1.82) is 0 Å². The molecule has 2 N–H and O–H groups in total. The molecule has 1 aliphatic rings. The predicted octanol–water partition coefficient (Wildman–Crippen LogP) is 3.58. The molecule has 0 aliphatic heterocycles. The van der Waals surface area contributed by atoms with Gasteiger partial charge in [0.25, 0.3) is 0 Å². The third-order valence-corrected chi connectivity index (χ3v) is 4.51. The van der Waals surface area contributed by atoms with Gasteiger partial charge in [0.2, 0.25) is 0 Å². The van der Waals surface area contributed by atoms with Crippen molar-refractivity contribution in [3.05, 3.63) is 35.1 Å². The van der Waals surface area contributed by atoms with Gasteiger partial charge in [0.05, 0.1) is 5.56 Å². The lowest BCUT2D eigenvalue weighted by Crippen LogP contribution is -2.31. The van der Waals surface area contributed by atoms with Gasteiger partial charge in [0, 0.05) is 13.1 Å². The van der Waals surface area contributed by atoms with Crippen molar-refractivity contribution >= 4 is 5.97 Å². The number of halogens is 1. The minimum Gasteiger partial charge on any atom is -0.478 e. The van der Waals surface area contributed by atoms with Crippen LogP contribution in [0.5, 0.6) is 0 Å². The van der Waals surface area contributed by atoms with Crippen LogP contribution in [0.1, 0.15) is 54.9 Å². The Bertz CT molecular complexity index is 481. The van der Waals surface area contributed by atoms with Crippen molar-refractivity contribution in [3.8, 4) is 0 Å². The second kappa shape index (κ2) is 6.35. The highest BCUT2D eigenvalue weighted by molar-refractivity contribution is 5.87. The number of aromatic carboxylic acids is 1. The van der Waals surface area contributed by atoms with E-state index >= 15 is 0 Å². The van der Waals surface area contributed by atoms with Crippen LogP contribution in [0.4, 0.5) is 4.39 Å². The van der Waals surface area contributed by atoms with E-state index in [2.05, 4.69) is 12.2 Å². The molecule has 1 fully saturated rings. The topological polar surface area (TPSA) is 49.3 Å². The number of rotatable bonds is 6. The number of hydrogen-bond donors (Lipinski definition) is 2. The monoisotopic (exact) mass is 279 g/mol. The van der Waals surface area contributed by atoms with Crippen molar-refractivity contribution in [2.75, 3.05) is 6.54 Å². The summed E-state index contributed by atoms with van der Waals surface area (Å²) in [6, 6.07) is 4.32. The van der Waals surface area contributed by atoms with Gasteiger partial charge >= 0.3 is 5.97 Å². The largest absolute Gasteiger partial charge is 0.478 e. The van der Waals surface area contributed by atoms with E-state index in [0.717, 1.165) is 12.1 Å². The van der Waals surface area contributed by atoms with Gasteiger partial charge in [0.15, 0.2) is 0 Å². The molecule has 4 heteroatoms. The van der Waals surface area contributed by atoms with Crippen LogP contribution >= 0.6 is 0 Å². The normalized spacial score (nSPS) is 17.3. The van der Waals surface area contributed by atoms with Gasteiger partial charge < -0.3 is 10.4 Å². The summed E-state index contributed by atoms with van der Waals surface area (Å²) < 4.78 is 13.6. The number of nitrogens with one attached hydrogen (secondary N) is 1. The predicted molar refractivity (Wildman–Crippen MR) is 76.3 cm³/mol. The van der Waals surface area contributed by atoms with Gasteiger partial charge in [0.1, 0.15) is 5.82 Å². The summed E-state index contributed by atoms with van der Waals surface area (Å²) in [5.74, 6) is -1.89. The summed E-state index contributed by atoms with van der Waals surface area (Å²) in [5, 5.41) is 12.2. The fourth-order valence-electron chi connectivity index (χ4n) is 3.09. The smallest absolute Gasteiger partial charge is 0.338 e. The molecule has 3 nitrogen and oxygen atoms in total. The quantitative estimate of drug-likeness (QED) is 0.836. The lowest BCUT2D eigenvalue weighted by atomic mass is 9.83. The minimum absolute atomic E-state index is 0.269. The molecule has 1 aromatic rings. The molecule has 0 unspecified atom stereocenters. The van der Waals surface area contributed by atoms with E-state index in [1.807, 2.05) is 0 Å². The van der Waals surface area contributed by atoms with Crippen LogP contribution in [0.3, 0.4) is 0 Å². The molecule has 1 saturated carbocycles. The van der Waals surface area contributed by atoms with E-state index in [9.17, 15) is 9.18 Å². The maximum atomic E-state index is 13.6. The van der Waals surface area contributed by atoms with Gasteiger partial charge in [-0.2, -0.15) is 0 Å². The first-order valence-corrected chi connectivity index (χ1v) is 7.29. The Morgan fingerprint density at radius 3 is 2.65 bits per heavy atom. The Balaban J connectivity index is 1.91. The van der Waals surface area contributed by atoms with Crippen LogP contribution in [0.25, 0.3) is 0 Å². The number of carboxylic acid groups (broad SMARTS) is 1. The van der Waals surface area contributed by atoms with Gasteiger partial charge in [-0.25, -0.2) is 9.18 Å². The summed E-state index contributed by atoms with van der Waals surface area (Å²) in [6.45, 7) is 3.76. The first-order chi connectivity index (χ1) is 9.56. The zero-order valence-electron chi connectivity index (χ0n) is 11.9. The van der Waals surface area contributed by atoms with Gasteiger partial charge in [-0.3, -0.25) is 0 Å². The Hall–Kier alpha value is -1.42. The molecule has 0 saturated heterocycles. The summed E-state index contributed by atoms with van der Waals surface area (Å²) in [6.07, 6.45) is 6.31.